The quantitative estimate of drug-likeness (QED) is 0.588. The van der Waals surface area contributed by atoms with Gasteiger partial charge in [-0.25, -0.2) is 0 Å². The number of esters is 1. The molecule has 0 spiro atoms. The molecule has 0 saturated heterocycles. The Morgan fingerprint density at radius 1 is 1.24 bits per heavy atom. The highest BCUT2D eigenvalue weighted by Crippen LogP contribution is 2.16. The molecule has 0 atom stereocenters. The Bertz CT molecular complexity index is 446. The maximum Gasteiger partial charge on any atom is 0.307 e. The van der Waals surface area contributed by atoms with Crippen molar-refractivity contribution < 1.29 is 14.3 Å². The first-order chi connectivity index (χ1) is 10.1. The summed E-state index contributed by atoms with van der Waals surface area (Å²) in [4.78, 5) is 25.2. The molecule has 1 rings (SSSR count). The van der Waals surface area contributed by atoms with Crippen LogP contribution in [0.4, 0.5) is 5.69 Å². The lowest BCUT2D eigenvalue weighted by Crippen LogP contribution is -2.42. The molecule has 0 unspecified atom stereocenters. The zero-order valence-electron chi connectivity index (χ0n) is 13.0. The minimum absolute atomic E-state index is 0.0138. The van der Waals surface area contributed by atoms with Crippen LogP contribution in [0.1, 0.15) is 27.2 Å². The highest BCUT2D eigenvalue weighted by molar-refractivity contribution is 5.95. The van der Waals surface area contributed by atoms with Gasteiger partial charge in [0.2, 0.25) is 5.91 Å². The van der Waals surface area contributed by atoms with Crippen molar-refractivity contribution in [2.75, 3.05) is 24.6 Å². The fraction of sp³-hybridized carbons (Fsp3) is 0.500. The molecule has 1 aromatic carbocycles. The van der Waals surface area contributed by atoms with Crippen molar-refractivity contribution in [1.29, 1.82) is 0 Å². The molecule has 5 heteroatoms. The highest BCUT2D eigenvalue weighted by atomic mass is 16.5. The van der Waals surface area contributed by atoms with Crippen LogP contribution in [0.5, 0.6) is 0 Å². The predicted molar refractivity (Wildman–Crippen MR) is 83.2 cm³/mol. The number of ether oxygens (including phenoxy) is 1. The summed E-state index contributed by atoms with van der Waals surface area (Å²) < 4.78 is 4.83. The molecule has 0 aliphatic carbocycles. The van der Waals surface area contributed by atoms with Crippen LogP contribution in [-0.2, 0) is 14.3 Å². The van der Waals surface area contributed by atoms with Gasteiger partial charge in [0.05, 0.1) is 19.6 Å². The van der Waals surface area contributed by atoms with Gasteiger partial charge in [0.1, 0.15) is 0 Å². The number of nitrogens with one attached hydrogen (secondary N) is 1. The van der Waals surface area contributed by atoms with Gasteiger partial charge < -0.3 is 15.0 Å². The molecule has 1 N–H and O–H groups in total. The average Bonchev–Trinajstić information content (AvgIpc) is 2.45. The lowest BCUT2D eigenvalue weighted by Gasteiger charge is -2.27. The van der Waals surface area contributed by atoms with Crippen LogP contribution >= 0.6 is 0 Å². The topological polar surface area (TPSA) is 58.6 Å². The van der Waals surface area contributed by atoms with Crippen LogP contribution in [0.15, 0.2) is 30.3 Å². The summed E-state index contributed by atoms with van der Waals surface area (Å²) >= 11 is 0. The number of amides is 1. The van der Waals surface area contributed by atoms with Gasteiger partial charge in [0.25, 0.3) is 0 Å². The summed E-state index contributed by atoms with van der Waals surface area (Å²) in [5, 5.41) is 2.99. The van der Waals surface area contributed by atoms with Crippen LogP contribution in [0, 0.1) is 0 Å². The van der Waals surface area contributed by atoms with Crippen molar-refractivity contribution in [2.45, 2.75) is 33.2 Å². The second-order valence-corrected chi connectivity index (χ2v) is 4.92. The largest absolute Gasteiger partial charge is 0.466 e. The third-order valence-corrected chi connectivity index (χ3v) is 2.91. The Labute approximate surface area is 126 Å². The molecule has 0 radical (unpaired) electrons. The fourth-order valence-corrected chi connectivity index (χ4v) is 2.02. The van der Waals surface area contributed by atoms with Gasteiger partial charge in [0, 0.05) is 18.3 Å². The zero-order chi connectivity index (χ0) is 15.7. The van der Waals surface area contributed by atoms with E-state index >= 15 is 0 Å². The minimum Gasteiger partial charge on any atom is -0.466 e. The van der Waals surface area contributed by atoms with E-state index in [0.717, 1.165) is 5.69 Å². The van der Waals surface area contributed by atoms with E-state index in [4.69, 9.17) is 4.74 Å². The molecule has 1 aromatic rings. The van der Waals surface area contributed by atoms with Crippen LogP contribution in [-0.4, -0.2) is 37.6 Å². The standard InChI is InChI=1S/C16H24N2O3/c1-4-21-16(20)10-11-17-12-15(19)18(13(2)3)14-8-6-5-7-9-14/h5-9,13,17H,4,10-12H2,1-3H3. The van der Waals surface area contributed by atoms with Crippen LogP contribution in [0.2, 0.25) is 0 Å². The number of hydrogen-bond acceptors (Lipinski definition) is 4. The van der Waals surface area contributed by atoms with E-state index in [1.807, 2.05) is 44.2 Å². The Hall–Kier alpha value is -1.88. The number of hydrogen-bond donors (Lipinski definition) is 1. The van der Waals surface area contributed by atoms with Crippen LogP contribution < -0.4 is 10.2 Å². The van der Waals surface area contributed by atoms with E-state index in [-0.39, 0.29) is 30.9 Å². The van der Waals surface area contributed by atoms with Crippen molar-refractivity contribution in [1.82, 2.24) is 5.32 Å². The number of carbonyl (C=O) groups is 2. The third-order valence-electron chi connectivity index (χ3n) is 2.91. The summed E-state index contributed by atoms with van der Waals surface area (Å²) in [6.07, 6.45) is 0.272. The summed E-state index contributed by atoms with van der Waals surface area (Å²) in [6, 6.07) is 9.64. The molecule has 1 amide bonds. The first-order valence-electron chi connectivity index (χ1n) is 7.29. The van der Waals surface area contributed by atoms with E-state index in [1.54, 1.807) is 11.8 Å². The van der Waals surface area contributed by atoms with Crippen LogP contribution in [0.3, 0.4) is 0 Å². The number of para-hydroxylation sites is 1. The van der Waals surface area contributed by atoms with Gasteiger partial charge in [-0.3, -0.25) is 9.59 Å². The average molecular weight is 292 g/mol. The van der Waals surface area contributed by atoms with Crippen molar-refractivity contribution >= 4 is 17.6 Å². The smallest absolute Gasteiger partial charge is 0.307 e. The maximum atomic E-state index is 12.3. The Morgan fingerprint density at radius 3 is 2.48 bits per heavy atom. The molecule has 0 bridgehead atoms. The molecule has 21 heavy (non-hydrogen) atoms. The summed E-state index contributed by atoms with van der Waals surface area (Å²) in [5.74, 6) is -0.263. The van der Waals surface area contributed by atoms with Gasteiger partial charge in [-0.15, -0.1) is 0 Å². The molecular weight excluding hydrogens is 268 g/mol. The first-order valence-corrected chi connectivity index (χ1v) is 7.29. The lowest BCUT2D eigenvalue weighted by atomic mass is 10.2. The van der Waals surface area contributed by atoms with E-state index in [2.05, 4.69) is 5.32 Å². The summed E-state index contributed by atoms with van der Waals surface area (Å²) in [7, 11) is 0. The SMILES string of the molecule is CCOC(=O)CCNCC(=O)N(c1ccccc1)C(C)C. The molecular formula is C16H24N2O3. The van der Waals surface area contributed by atoms with Crippen molar-refractivity contribution in [3.8, 4) is 0 Å². The number of rotatable bonds is 8. The minimum atomic E-state index is -0.249. The Morgan fingerprint density at radius 2 is 1.90 bits per heavy atom. The molecule has 0 saturated carbocycles. The fourth-order valence-electron chi connectivity index (χ4n) is 2.02. The van der Waals surface area contributed by atoms with E-state index in [0.29, 0.717) is 13.2 Å². The Balaban J connectivity index is 2.46. The van der Waals surface area contributed by atoms with Gasteiger partial charge in [-0.1, -0.05) is 18.2 Å². The maximum absolute atomic E-state index is 12.3. The van der Waals surface area contributed by atoms with E-state index in [1.165, 1.54) is 0 Å². The number of anilines is 1. The second kappa shape index (κ2) is 9.13. The molecule has 5 nitrogen and oxygen atoms in total. The molecule has 0 fully saturated rings. The second-order valence-electron chi connectivity index (χ2n) is 4.92. The number of carbonyl (C=O) groups excluding carboxylic acids is 2. The molecule has 0 aromatic heterocycles. The van der Waals surface area contributed by atoms with Gasteiger partial charge >= 0.3 is 5.97 Å². The molecule has 116 valence electrons. The number of nitrogens with zero attached hydrogens (tertiary/aromatic N) is 1. The monoisotopic (exact) mass is 292 g/mol. The summed E-state index contributed by atoms with van der Waals surface area (Å²) in [6.45, 7) is 6.74. The highest BCUT2D eigenvalue weighted by Gasteiger charge is 2.18. The van der Waals surface area contributed by atoms with Crippen molar-refractivity contribution in [3.05, 3.63) is 30.3 Å². The normalized spacial score (nSPS) is 10.5. The van der Waals surface area contributed by atoms with Crippen molar-refractivity contribution in [3.63, 3.8) is 0 Å². The van der Waals surface area contributed by atoms with Gasteiger partial charge in [0.15, 0.2) is 0 Å². The summed E-state index contributed by atoms with van der Waals surface area (Å²) in [5.41, 5.74) is 0.879. The molecule has 0 heterocycles. The first kappa shape index (κ1) is 17.2. The Kier molecular flexibility index (Phi) is 7.46. The predicted octanol–water partition coefficient (Wildman–Crippen LogP) is 1.97. The van der Waals surface area contributed by atoms with E-state index in [9.17, 15) is 9.59 Å². The number of benzene rings is 1. The zero-order valence-corrected chi connectivity index (χ0v) is 13.0. The molecule has 0 aliphatic heterocycles. The molecule has 0 aliphatic rings. The van der Waals surface area contributed by atoms with Crippen molar-refractivity contribution in [2.24, 2.45) is 0 Å². The lowest BCUT2D eigenvalue weighted by molar-refractivity contribution is -0.143. The van der Waals surface area contributed by atoms with Crippen LogP contribution in [0.25, 0.3) is 0 Å². The van der Waals surface area contributed by atoms with E-state index < -0.39 is 0 Å². The van der Waals surface area contributed by atoms with Gasteiger partial charge in [-0.05, 0) is 32.9 Å². The van der Waals surface area contributed by atoms with Gasteiger partial charge in [-0.2, -0.15) is 0 Å². The third kappa shape index (κ3) is 5.95.